The van der Waals surface area contributed by atoms with Crippen molar-refractivity contribution in [3.8, 4) is 0 Å². The minimum atomic E-state index is -0.494. The standard InChI is InChI=1S/C24H39N3O3/c1-15-16-13-17(28)19-22(2)6-4-7-23(3,26-21(30)27-11-9-25-10-12-27)18(22)5-8-24(19,14-16)20(15)29/h16-20,25,28-29H,1,4-14H2,2-3H3,(H,26,30)/t16-,17-,18-,19-,20+,22+,23+,24+/m0/s1. The fourth-order valence-electron chi connectivity index (χ4n) is 8.81. The second-order valence-electron chi connectivity index (χ2n) is 11.4. The van der Waals surface area contributed by atoms with Crippen molar-refractivity contribution in [2.45, 2.75) is 76.5 Å². The Labute approximate surface area is 180 Å². The molecule has 0 radical (unpaired) electrons. The normalized spacial score (nSPS) is 50.6. The number of amides is 2. The van der Waals surface area contributed by atoms with Crippen molar-refractivity contribution in [3.63, 3.8) is 0 Å². The number of fused-ring (bicyclic) bond motifs is 3. The highest BCUT2D eigenvalue weighted by Crippen LogP contribution is 2.70. The van der Waals surface area contributed by atoms with Crippen molar-refractivity contribution < 1.29 is 15.0 Å². The fraction of sp³-hybridized carbons (Fsp3) is 0.875. The Morgan fingerprint density at radius 1 is 1.20 bits per heavy atom. The molecule has 1 aliphatic heterocycles. The lowest BCUT2D eigenvalue weighted by Gasteiger charge is -2.65. The Bertz CT molecular complexity index is 737. The highest BCUT2D eigenvalue weighted by atomic mass is 16.3. The van der Waals surface area contributed by atoms with Crippen LogP contribution in [0.3, 0.4) is 0 Å². The Hall–Kier alpha value is -1.11. The molecule has 0 unspecified atom stereocenters. The van der Waals surface area contributed by atoms with E-state index in [1.807, 2.05) is 4.90 Å². The molecule has 5 rings (SSSR count). The van der Waals surface area contributed by atoms with Crippen LogP contribution in [0, 0.1) is 28.6 Å². The molecule has 168 valence electrons. The van der Waals surface area contributed by atoms with E-state index in [1.54, 1.807) is 0 Å². The number of aliphatic hydroxyl groups is 2. The zero-order chi connectivity index (χ0) is 21.3. The van der Waals surface area contributed by atoms with Gasteiger partial charge in [-0.25, -0.2) is 4.79 Å². The molecule has 1 heterocycles. The van der Waals surface area contributed by atoms with E-state index in [4.69, 9.17) is 0 Å². The van der Waals surface area contributed by atoms with E-state index in [2.05, 4.69) is 31.1 Å². The van der Waals surface area contributed by atoms with Gasteiger partial charge in [0.2, 0.25) is 0 Å². The summed E-state index contributed by atoms with van der Waals surface area (Å²) in [6, 6.07) is 0.0575. The van der Waals surface area contributed by atoms with Gasteiger partial charge in [0.1, 0.15) is 0 Å². The summed E-state index contributed by atoms with van der Waals surface area (Å²) in [5, 5.41) is 29.3. The van der Waals surface area contributed by atoms with Gasteiger partial charge in [-0.2, -0.15) is 0 Å². The van der Waals surface area contributed by atoms with Crippen molar-refractivity contribution in [3.05, 3.63) is 12.2 Å². The van der Waals surface area contributed by atoms with Gasteiger partial charge in [0.25, 0.3) is 0 Å². The molecule has 4 saturated carbocycles. The van der Waals surface area contributed by atoms with Crippen LogP contribution in [-0.2, 0) is 0 Å². The van der Waals surface area contributed by atoms with Crippen LogP contribution in [0.5, 0.6) is 0 Å². The number of nitrogens with zero attached hydrogens (tertiary/aromatic N) is 1. The van der Waals surface area contributed by atoms with Crippen LogP contribution >= 0.6 is 0 Å². The van der Waals surface area contributed by atoms with Gasteiger partial charge in [0.15, 0.2) is 0 Å². The van der Waals surface area contributed by atoms with Gasteiger partial charge in [0, 0.05) is 37.1 Å². The van der Waals surface area contributed by atoms with Crippen LogP contribution in [0.25, 0.3) is 0 Å². The van der Waals surface area contributed by atoms with Crippen LogP contribution in [0.2, 0.25) is 0 Å². The molecular formula is C24H39N3O3. The molecular weight excluding hydrogens is 378 g/mol. The fourth-order valence-corrected chi connectivity index (χ4v) is 8.81. The lowest BCUT2D eigenvalue weighted by atomic mass is 9.41. The third-order valence-corrected chi connectivity index (χ3v) is 9.96. The van der Waals surface area contributed by atoms with Crippen molar-refractivity contribution in [2.24, 2.45) is 28.6 Å². The van der Waals surface area contributed by atoms with E-state index in [0.717, 1.165) is 76.7 Å². The minimum absolute atomic E-state index is 0.0575. The van der Waals surface area contributed by atoms with E-state index in [1.165, 1.54) is 0 Å². The van der Waals surface area contributed by atoms with Crippen LogP contribution in [0.4, 0.5) is 4.79 Å². The van der Waals surface area contributed by atoms with E-state index in [9.17, 15) is 15.0 Å². The average Bonchev–Trinajstić information content (AvgIpc) is 2.89. The van der Waals surface area contributed by atoms with Gasteiger partial charge in [-0.15, -0.1) is 0 Å². The Morgan fingerprint density at radius 2 is 1.93 bits per heavy atom. The van der Waals surface area contributed by atoms with Gasteiger partial charge in [-0.05, 0) is 74.2 Å². The zero-order valence-electron chi connectivity index (χ0n) is 18.6. The van der Waals surface area contributed by atoms with Crippen molar-refractivity contribution in [1.29, 1.82) is 0 Å². The summed E-state index contributed by atoms with van der Waals surface area (Å²) in [7, 11) is 0. The molecule has 2 bridgehead atoms. The van der Waals surface area contributed by atoms with Gasteiger partial charge < -0.3 is 25.7 Å². The lowest BCUT2D eigenvalue weighted by molar-refractivity contribution is -0.195. The smallest absolute Gasteiger partial charge is 0.317 e. The molecule has 0 aromatic heterocycles. The van der Waals surface area contributed by atoms with E-state index in [-0.39, 0.29) is 34.2 Å². The summed E-state index contributed by atoms with van der Waals surface area (Å²) in [5.41, 5.74) is 0.362. The Kier molecular flexibility index (Phi) is 4.81. The van der Waals surface area contributed by atoms with Gasteiger partial charge in [0.05, 0.1) is 12.2 Å². The van der Waals surface area contributed by atoms with Crippen molar-refractivity contribution >= 4 is 6.03 Å². The largest absolute Gasteiger partial charge is 0.393 e. The number of hydrogen-bond donors (Lipinski definition) is 4. The molecule has 4 N–H and O–H groups in total. The molecule has 1 saturated heterocycles. The highest BCUT2D eigenvalue weighted by Gasteiger charge is 2.69. The molecule has 1 spiro atoms. The van der Waals surface area contributed by atoms with E-state index >= 15 is 0 Å². The number of carbonyl (C=O) groups excluding carboxylic acids is 1. The summed E-state index contributed by atoms with van der Waals surface area (Å²) >= 11 is 0. The lowest BCUT2D eigenvalue weighted by Crippen LogP contribution is -2.68. The van der Waals surface area contributed by atoms with Gasteiger partial charge >= 0.3 is 6.03 Å². The number of rotatable bonds is 1. The number of aliphatic hydroxyl groups excluding tert-OH is 2. The molecule has 6 nitrogen and oxygen atoms in total. The van der Waals surface area contributed by atoms with Crippen molar-refractivity contribution in [2.75, 3.05) is 26.2 Å². The van der Waals surface area contributed by atoms with Crippen LogP contribution in [-0.4, -0.2) is 65.1 Å². The molecule has 0 aromatic rings. The van der Waals surface area contributed by atoms with E-state index < -0.39 is 12.2 Å². The molecule has 8 atom stereocenters. The first kappa shape index (κ1) is 20.8. The van der Waals surface area contributed by atoms with Crippen LogP contribution in [0.1, 0.15) is 58.8 Å². The number of carbonyl (C=O) groups is 1. The first-order chi connectivity index (χ1) is 14.2. The quantitative estimate of drug-likeness (QED) is 0.493. The molecule has 2 amide bonds. The van der Waals surface area contributed by atoms with E-state index in [0.29, 0.717) is 5.92 Å². The zero-order valence-corrected chi connectivity index (χ0v) is 18.6. The second-order valence-corrected chi connectivity index (χ2v) is 11.4. The summed E-state index contributed by atoms with van der Waals surface area (Å²) in [5.74, 6) is 0.646. The maximum absolute atomic E-state index is 13.1. The molecule has 0 aromatic carbocycles. The molecule has 30 heavy (non-hydrogen) atoms. The van der Waals surface area contributed by atoms with Crippen LogP contribution < -0.4 is 10.6 Å². The second kappa shape index (κ2) is 6.94. The summed E-state index contributed by atoms with van der Waals surface area (Å²) < 4.78 is 0. The SMILES string of the molecule is C=C1[C@H]2C[C@H](O)[C@H]3[C@]4(C)CCC[C@@](C)(NC(=O)N5CCNCC5)[C@H]4CC[C@]3(C2)[C@@H]1O. The predicted molar refractivity (Wildman–Crippen MR) is 116 cm³/mol. The van der Waals surface area contributed by atoms with Crippen molar-refractivity contribution in [1.82, 2.24) is 15.5 Å². The summed E-state index contributed by atoms with van der Waals surface area (Å²) in [6.07, 6.45) is 5.83. The Morgan fingerprint density at radius 3 is 2.67 bits per heavy atom. The predicted octanol–water partition coefficient (Wildman–Crippen LogP) is 2.26. The first-order valence-electron chi connectivity index (χ1n) is 12.0. The monoisotopic (exact) mass is 417 g/mol. The number of hydrogen-bond acceptors (Lipinski definition) is 4. The summed E-state index contributed by atoms with van der Waals surface area (Å²) in [6.45, 7) is 12.0. The number of urea groups is 1. The molecule has 5 fully saturated rings. The van der Waals surface area contributed by atoms with Crippen LogP contribution in [0.15, 0.2) is 12.2 Å². The minimum Gasteiger partial charge on any atom is -0.393 e. The third kappa shape index (κ3) is 2.75. The van der Waals surface area contributed by atoms with Gasteiger partial charge in [-0.3, -0.25) is 0 Å². The topological polar surface area (TPSA) is 84.8 Å². The number of nitrogens with one attached hydrogen (secondary N) is 2. The maximum Gasteiger partial charge on any atom is 0.317 e. The maximum atomic E-state index is 13.1. The number of piperazine rings is 1. The molecule has 5 aliphatic rings. The average molecular weight is 418 g/mol. The molecule has 4 aliphatic carbocycles. The third-order valence-electron chi connectivity index (χ3n) is 9.96. The highest BCUT2D eigenvalue weighted by molar-refractivity contribution is 5.75. The Balaban J connectivity index is 1.44. The summed E-state index contributed by atoms with van der Waals surface area (Å²) in [4.78, 5) is 15.0. The first-order valence-corrected chi connectivity index (χ1v) is 12.0. The van der Waals surface area contributed by atoms with Gasteiger partial charge in [-0.1, -0.05) is 19.9 Å². The molecule has 6 heteroatoms.